The van der Waals surface area contributed by atoms with E-state index in [4.69, 9.17) is 34.7 Å². The lowest BCUT2D eigenvalue weighted by Crippen LogP contribution is -1.85. The highest BCUT2D eigenvalue weighted by Crippen LogP contribution is 2.24. The largest absolute Gasteiger partial charge is 0.375 e. The van der Waals surface area contributed by atoms with E-state index >= 15 is 0 Å². The Morgan fingerprint density at radius 3 is 1.39 bits per heavy atom. The highest BCUT2D eigenvalue weighted by atomic mass is 35.5. The molecule has 0 bridgehead atoms. The molecule has 0 aliphatic heterocycles. The average molecular weight is 449 g/mol. The predicted molar refractivity (Wildman–Crippen MR) is 122 cm³/mol. The van der Waals surface area contributed by atoms with Gasteiger partial charge in [-0.3, -0.25) is 0 Å². The topological polar surface area (TPSA) is 77.8 Å². The highest BCUT2D eigenvalue weighted by molar-refractivity contribution is 7.15. The molecule has 2 heterocycles. The van der Waals surface area contributed by atoms with Gasteiger partial charge in [-0.1, -0.05) is 59.6 Å². The SMILES string of the molecule is Nc1ncc(Cc2ccccc2Cl)s1.Nc1ncc(Cc2ccccc2Cl)s1. The van der Waals surface area contributed by atoms with Crippen molar-refractivity contribution >= 4 is 56.1 Å². The van der Waals surface area contributed by atoms with Crippen LogP contribution in [-0.2, 0) is 12.8 Å². The van der Waals surface area contributed by atoms with E-state index in [1.165, 1.54) is 22.7 Å². The molecule has 0 radical (unpaired) electrons. The zero-order valence-electron chi connectivity index (χ0n) is 14.8. The summed E-state index contributed by atoms with van der Waals surface area (Å²) in [6.45, 7) is 0. The van der Waals surface area contributed by atoms with E-state index in [0.717, 1.165) is 43.8 Å². The summed E-state index contributed by atoms with van der Waals surface area (Å²) in [5.74, 6) is 0. The summed E-state index contributed by atoms with van der Waals surface area (Å²) in [7, 11) is 0. The third kappa shape index (κ3) is 5.94. The van der Waals surface area contributed by atoms with Crippen LogP contribution in [0.5, 0.6) is 0 Å². The van der Waals surface area contributed by atoms with Crippen LogP contribution in [0.1, 0.15) is 20.9 Å². The number of thiazole rings is 2. The second kappa shape index (κ2) is 9.89. The van der Waals surface area contributed by atoms with Crippen molar-refractivity contribution in [3.05, 3.63) is 91.9 Å². The molecule has 0 atom stereocenters. The second-order valence-electron chi connectivity index (χ2n) is 5.87. The third-order valence-corrected chi connectivity index (χ3v) is 6.18. The van der Waals surface area contributed by atoms with Crippen LogP contribution in [0, 0.1) is 0 Å². The second-order valence-corrected chi connectivity index (χ2v) is 8.97. The van der Waals surface area contributed by atoms with Crippen molar-refractivity contribution in [1.82, 2.24) is 9.97 Å². The molecule has 4 rings (SSSR count). The first-order valence-corrected chi connectivity index (χ1v) is 10.8. The number of anilines is 2. The minimum atomic E-state index is 0.604. The fourth-order valence-corrected chi connectivity index (χ4v) is 4.29. The van der Waals surface area contributed by atoms with Gasteiger partial charge in [-0.05, 0) is 23.3 Å². The maximum absolute atomic E-state index is 6.03. The van der Waals surface area contributed by atoms with Crippen molar-refractivity contribution < 1.29 is 0 Å². The Kier molecular flexibility index (Phi) is 7.28. The molecule has 0 amide bonds. The molecule has 0 aliphatic rings. The van der Waals surface area contributed by atoms with Gasteiger partial charge >= 0.3 is 0 Å². The zero-order valence-corrected chi connectivity index (χ0v) is 18.0. The number of hydrogen-bond acceptors (Lipinski definition) is 6. The number of aromatic nitrogens is 2. The van der Waals surface area contributed by atoms with Crippen molar-refractivity contribution in [2.24, 2.45) is 0 Å². The van der Waals surface area contributed by atoms with Gasteiger partial charge in [-0.15, -0.1) is 22.7 Å². The van der Waals surface area contributed by atoms with Crippen molar-refractivity contribution in [1.29, 1.82) is 0 Å². The molecule has 0 saturated carbocycles. The maximum atomic E-state index is 6.03. The molecule has 8 heteroatoms. The fourth-order valence-electron chi connectivity index (χ4n) is 2.47. The molecular weight excluding hydrogens is 431 g/mol. The molecule has 0 unspecified atom stereocenters. The quantitative estimate of drug-likeness (QED) is 0.404. The van der Waals surface area contributed by atoms with Gasteiger partial charge < -0.3 is 11.5 Å². The summed E-state index contributed by atoms with van der Waals surface area (Å²) in [6.07, 6.45) is 5.19. The fraction of sp³-hybridized carbons (Fsp3) is 0.100. The van der Waals surface area contributed by atoms with Crippen molar-refractivity contribution in [2.45, 2.75) is 12.8 Å². The molecule has 0 fully saturated rings. The summed E-state index contributed by atoms with van der Waals surface area (Å²) in [6, 6.07) is 15.6. The number of rotatable bonds is 4. The van der Waals surface area contributed by atoms with Gasteiger partial charge in [0, 0.05) is 45.0 Å². The highest BCUT2D eigenvalue weighted by Gasteiger charge is 2.04. The van der Waals surface area contributed by atoms with Gasteiger partial charge in [0.1, 0.15) is 0 Å². The summed E-state index contributed by atoms with van der Waals surface area (Å²) >= 11 is 15.1. The first-order valence-electron chi connectivity index (χ1n) is 8.38. The van der Waals surface area contributed by atoms with Crippen LogP contribution in [0.15, 0.2) is 60.9 Å². The molecule has 144 valence electrons. The van der Waals surface area contributed by atoms with E-state index in [1.54, 1.807) is 12.4 Å². The normalized spacial score (nSPS) is 10.4. The van der Waals surface area contributed by atoms with Gasteiger partial charge in [0.15, 0.2) is 10.3 Å². The number of benzene rings is 2. The molecule has 0 spiro atoms. The number of halogens is 2. The molecule has 4 aromatic rings. The van der Waals surface area contributed by atoms with E-state index in [1.807, 2.05) is 48.5 Å². The Balaban J connectivity index is 0.000000161. The Hall–Kier alpha value is -2.12. The first kappa shape index (κ1) is 20.6. The molecule has 0 saturated heterocycles. The van der Waals surface area contributed by atoms with Crippen LogP contribution >= 0.6 is 45.9 Å². The van der Waals surface area contributed by atoms with E-state index in [-0.39, 0.29) is 0 Å². The zero-order chi connectivity index (χ0) is 19.9. The van der Waals surface area contributed by atoms with E-state index < -0.39 is 0 Å². The van der Waals surface area contributed by atoms with Crippen LogP contribution in [0.4, 0.5) is 10.3 Å². The van der Waals surface area contributed by atoms with Gasteiger partial charge in [0.2, 0.25) is 0 Å². The van der Waals surface area contributed by atoms with Crippen molar-refractivity contribution in [2.75, 3.05) is 11.5 Å². The average Bonchev–Trinajstić information content (AvgIpc) is 3.27. The molecular formula is C20H18Cl2N4S2. The Morgan fingerprint density at radius 2 is 1.07 bits per heavy atom. The first-order chi connectivity index (χ1) is 13.5. The van der Waals surface area contributed by atoms with Crippen LogP contribution in [0.2, 0.25) is 10.0 Å². The number of nitrogens with zero attached hydrogens (tertiary/aromatic N) is 2. The standard InChI is InChI=1S/2C10H9ClN2S/c2*11-9-4-2-1-3-7(9)5-8-6-13-10(12)14-8/h2*1-4,6H,5H2,(H2,12,13). The lowest BCUT2D eigenvalue weighted by atomic mass is 10.1. The molecule has 4 nitrogen and oxygen atoms in total. The molecule has 28 heavy (non-hydrogen) atoms. The van der Waals surface area contributed by atoms with Crippen LogP contribution in [0.25, 0.3) is 0 Å². The van der Waals surface area contributed by atoms with Crippen LogP contribution in [0.3, 0.4) is 0 Å². The van der Waals surface area contributed by atoms with Gasteiger partial charge in [0.05, 0.1) is 0 Å². The van der Waals surface area contributed by atoms with E-state index in [0.29, 0.717) is 10.3 Å². The van der Waals surface area contributed by atoms with Gasteiger partial charge in [0.25, 0.3) is 0 Å². The lowest BCUT2D eigenvalue weighted by molar-refractivity contribution is 1.22. The number of nitrogens with two attached hydrogens (primary N) is 2. The Bertz CT molecular complexity index is 962. The molecule has 2 aromatic carbocycles. The summed E-state index contributed by atoms with van der Waals surface area (Å²) < 4.78 is 0. The van der Waals surface area contributed by atoms with E-state index in [2.05, 4.69) is 9.97 Å². The maximum Gasteiger partial charge on any atom is 0.180 e. The van der Waals surface area contributed by atoms with Gasteiger partial charge in [-0.25, -0.2) is 9.97 Å². The summed E-state index contributed by atoms with van der Waals surface area (Å²) in [5.41, 5.74) is 13.3. The lowest BCUT2D eigenvalue weighted by Gasteiger charge is -2.00. The molecule has 4 N–H and O–H groups in total. The monoisotopic (exact) mass is 448 g/mol. The number of nitrogen functional groups attached to an aromatic ring is 2. The summed E-state index contributed by atoms with van der Waals surface area (Å²) in [4.78, 5) is 10.3. The Labute approximate surface area is 181 Å². The number of hydrogen-bond donors (Lipinski definition) is 2. The van der Waals surface area contributed by atoms with Crippen molar-refractivity contribution in [3.8, 4) is 0 Å². The Morgan fingerprint density at radius 1 is 0.679 bits per heavy atom. The molecule has 2 aromatic heterocycles. The third-order valence-electron chi connectivity index (χ3n) is 3.79. The van der Waals surface area contributed by atoms with Crippen molar-refractivity contribution in [3.63, 3.8) is 0 Å². The minimum Gasteiger partial charge on any atom is -0.375 e. The van der Waals surface area contributed by atoms with Crippen LogP contribution < -0.4 is 11.5 Å². The minimum absolute atomic E-state index is 0.604. The molecule has 0 aliphatic carbocycles. The smallest absolute Gasteiger partial charge is 0.180 e. The van der Waals surface area contributed by atoms with Gasteiger partial charge in [-0.2, -0.15) is 0 Å². The predicted octanol–water partition coefficient (Wildman–Crippen LogP) is 5.94. The van der Waals surface area contributed by atoms with E-state index in [9.17, 15) is 0 Å². The summed E-state index contributed by atoms with van der Waals surface area (Å²) in [5, 5.41) is 2.79. The van der Waals surface area contributed by atoms with Crippen LogP contribution in [-0.4, -0.2) is 9.97 Å².